The summed E-state index contributed by atoms with van der Waals surface area (Å²) in [7, 11) is 1.87. The number of imidazole rings is 2. The highest BCUT2D eigenvalue weighted by Gasteiger charge is 2.14. The molecule has 0 spiro atoms. The van der Waals surface area contributed by atoms with Crippen molar-refractivity contribution in [1.29, 1.82) is 0 Å². The topological polar surface area (TPSA) is 75.6 Å². The fourth-order valence-electron chi connectivity index (χ4n) is 3.59. The molecule has 6 nitrogen and oxygen atoms in total. The van der Waals surface area contributed by atoms with E-state index < -0.39 is 0 Å². The number of nitrogens with one attached hydrogen (secondary N) is 2. The Balaban J connectivity index is 1.41. The number of halogens is 2. The van der Waals surface area contributed by atoms with Gasteiger partial charge in [-0.15, -0.1) is 0 Å². The third-order valence-corrected chi connectivity index (χ3v) is 5.92. The van der Waals surface area contributed by atoms with Crippen LogP contribution in [0, 0.1) is 0 Å². The van der Waals surface area contributed by atoms with Crippen LogP contribution in [-0.2, 0) is 13.5 Å². The molecule has 0 radical (unpaired) electrons. The summed E-state index contributed by atoms with van der Waals surface area (Å²) in [6, 6.07) is 18.5. The van der Waals surface area contributed by atoms with Crippen LogP contribution >= 0.6 is 23.2 Å². The Labute approximate surface area is 187 Å². The lowest BCUT2D eigenvalue weighted by atomic mass is 10.1. The second-order valence-corrected chi connectivity index (χ2v) is 8.04. The van der Waals surface area contributed by atoms with Crippen LogP contribution in [0.15, 0.2) is 60.7 Å². The van der Waals surface area contributed by atoms with E-state index in [0.29, 0.717) is 28.0 Å². The second-order valence-electron chi connectivity index (χ2n) is 7.23. The van der Waals surface area contributed by atoms with E-state index in [9.17, 15) is 4.79 Å². The highest BCUT2D eigenvalue weighted by molar-refractivity contribution is 6.36. The maximum Gasteiger partial charge on any atom is 0.258 e. The van der Waals surface area contributed by atoms with Crippen molar-refractivity contribution in [3.63, 3.8) is 0 Å². The zero-order valence-electron chi connectivity index (χ0n) is 16.5. The first kappa shape index (κ1) is 19.6. The summed E-state index contributed by atoms with van der Waals surface area (Å²) < 4.78 is 1.85. The lowest BCUT2D eigenvalue weighted by Gasteiger charge is -2.05. The van der Waals surface area contributed by atoms with Crippen LogP contribution in [-0.4, -0.2) is 25.4 Å². The number of benzene rings is 3. The Kier molecular flexibility index (Phi) is 4.88. The maximum absolute atomic E-state index is 12.8. The number of hydrogen-bond acceptors (Lipinski definition) is 3. The van der Waals surface area contributed by atoms with E-state index in [1.165, 1.54) is 0 Å². The van der Waals surface area contributed by atoms with E-state index in [4.69, 9.17) is 23.2 Å². The van der Waals surface area contributed by atoms with Gasteiger partial charge < -0.3 is 9.55 Å². The Morgan fingerprint density at radius 3 is 2.55 bits per heavy atom. The predicted octanol–water partition coefficient (Wildman–Crippen LogP) is 5.60. The molecule has 31 heavy (non-hydrogen) atoms. The number of carbonyl (C=O) groups is 1. The highest BCUT2D eigenvalue weighted by atomic mass is 35.5. The maximum atomic E-state index is 12.8. The van der Waals surface area contributed by atoms with Gasteiger partial charge in [0.05, 0.1) is 22.1 Å². The molecule has 8 heteroatoms. The van der Waals surface area contributed by atoms with Gasteiger partial charge in [-0.05, 0) is 48.0 Å². The van der Waals surface area contributed by atoms with Gasteiger partial charge in [-0.2, -0.15) is 0 Å². The third-order valence-electron chi connectivity index (χ3n) is 5.21. The summed E-state index contributed by atoms with van der Waals surface area (Å²) >= 11 is 12.6. The minimum atomic E-state index is -0.245. The smallest absolute Gasteiger partial charge is 0.258 e. The van der Waals surface area contributed by atoms with Crippen molar-refractivity contribution < 1.29 is 4.79 Å². The number of H-pyrrole nitrogens is 1. The lowest BCUT2D eigenvalue weighted by Crippen LogP contribution is -2.14. The van der Waals surface area contributed by atoms with Crippen LogP contribution in [0.1, 0.15) is 21.7 Å². The van der Waals surface area contributed by atoms with Crippen molar-refractivity contribution in [2.75, 3.05) is 5.32 Å². The summed E-state index contributed by atoms with van der Waals surface area (Å²) in [6.07, 6.45) is 0.467. The van der Waals surface area contributed by atoms with E-state index in [-0.39, 0.29) is 5.91 Å². The number of hydrogen-bond donors (Lipinski definition) is 2. The Morgan fingerprint density at radius 2 is 1.77 bits per heavy atom. The SMILES string of the molecule is Cn1c(NC(=O)c2ccc3nc(Cc4c(Cl)cccc4Cl)[nH]c3c2)nc2ccccc21. The number of amides is 1. The number of nitrogens with zero attached hydrogens (tertiary/aromatic N) is 3. The number of aryl methyl sites for hydroxylation is 1. The average Bonchev–Trinajstić information content (AvgIpc) is 3.31. The Hall–Kier alpha value is -3.35. The van der Waals surface area contributed by atoms with Crippen molar-refractivity contribution in [2.24, 2.45) is 7.05 Å². The molecule has 0 saturated carbocycles. The molecule has 0 aliphatic carbocycles. The molecule has 3 aromatic carbocycles. The lowest BCUT2D eigenvalue weighted by molar-refractivity contribution is 0.102. The number of anilines is 1. The number of fused-ring (bicyclic) bond motifs is 2. The monoisotopic (exact) mass is 449 g/mol. The molecule has 1 amide bonds. The second kappa shape index (κ2) is 7.72. The zero-order chi connectivity index (χ0) is 21.5. The van der Waals surface area contributed by atoms with Gasteiger partial charge in [0.1, 0.15) is 5.82 Å². The minimum Gasteiger partial charge on any atom is -0.342 e. The van der Waals surface area contributed by atoms with Gasteiger partial charge >= 0.3 is 0 Å². The van der Waals surface area contributed by atoms with Crippen molar-refractivity contribution in [3.05, 3.63) is 87.7 Å². The van der Waals surface area contributed by atoms with E-state index >= 15 is 0 Å². The van der Waals surface area contributed by atoms with Crippen molar-refractivity contribution in [3.8, 4) is 0 Å². The first-order valence-electron chi connectivity index (χ1n) is 9.64. The summed E-state index contributed by atoms with van der Waals surface area (Å²) in [5.41, 5.74) is 4.61. The van der Waals surface area contributed by atoms with Crippen molar-refractivity contribution in [2.45, 2.75) is 6.42 Å². The van der Waals surface area contributed by atoms with E-state index in [1.54, 1.807) is 24.3 Å². The molecule has 0 aliphatic heterocycles. The summed E-state index contributed by atoms with van der Waals surface area (Å²) in [4.78, 5) is 25.2. The normalized spacial score (nSPS) is 11.3. The first-order valence-corrected chi connectivity index (χ1v) is 10.4. The van der Waals surface area contributed by atoms with Crippen molar-refractivity contribution in [1.82, 2.24) is 19.5 Å². The highest BCUT2D eigenvalue weighted by Crippen LogP contribution is 2.27. The van der Waals surface area contributed by atoms with Gasteiger partial charge in [-0.1, -0.05) is 41.4 Å². The van der Waals surface area contributed by atoms with Gasteiger partial charge in [-0.25, -0.2) is 9.97 Å². The summed E-state index contributed by atoms with van der Waals surface area (Å²) in [5, 5.41) is 4.07. The van der Waals surface area contributed by atoms with Gasteiger partial charge in [0, 0.05) is 29.1 Å². The molecular weight excluding hydrogens is 433 g/mol. The quantitative estimate of drug-likeness (QED) is 0.374. The van der Waals surface area contributed by atoms with Crippen LogP contribution in [0.25, 0.3) is 22.1 Å². The molecule has 2 N–H and O–H groups in total. The summed E-state index contributed by atoms with van der Waals surface area (Å²) in [6.45, 7) is 0. The zero-order valence-corrected chi connectivity index (χ0v) is 18.0. The van der Waals surface area contributed by atoms with Crippen LogP contribution in [0.3, 0.4) is 0 Å². The van der Waals surface area contributed by atoms with E-state index in [1.807, 2.05) is 48.0 Å². The van der Waals surface area contributed by atoms with Gasteiger partial charge in [-0.3, -0.25) is 10.1 Å². The molecule has 0 unspecified atom stereocenters. The molecule has 0 atom stereocenters. The van der Waals surface area contributed by atoms with Gasteiger partial charge in [0.25, 0.3) is 5.91 Å². The average molecular weight is 450 g/mol. The van der Waals surface area contributed by atoms with Gasteiger partial charge in [0.15, 0.2) is 0 Å². The molecule has 5 rings (SSSR count). The van der Waals surface area contributed by atoms with Crippen LogP contribution in [0.5, 0.6) is 0 Å². The van der Waals surface area contributed by atoms with E-state index in [2.05, 4.69) is 20.3 Å². The third kappa shape index (κ3) is 3.65. The van der Waals surface area contributed by atoms with Crippen LogP contribution in [0.4, 0.5) is 5.95 Å². The van der Waals surface area contributed by atoms with Crippen molar-refractivity contribution >= 4 is 57.1 Å². The molecule has 0 fully saturated rings. The predicted molar refractivity (Wildman–Crippen MR) is 124 cm³/mol. The largest absolute Gasteiger partial charge is 0.342 e. The summed E-state index contributed by atoms with van der Waals surface area (Å²) in [5.74, 6) is 0.966. The number of rotatable bonds is 4. The molecule has 5 aromatic rings. The standard InChI is InChI=1S/C23H17Cl2N5O/c1-30-20-8-3-2-7-18(20)28-23(30)29-22(31)13-9-10-17-19(11-13)27-21(26-17)12-14-15(24)5-4-6-16(14)25/h2-11H,12H2,1H3,(H,26,27)(H,28,29,31). The fourth-order valence-corrected chi connectivity index (χ4v) is 4.12. The number of carbonyl (C=O) groups excluding carboxylic acids is 1. The fraction of sp³-hybridized carbons (Fsp3) is 0.0870. The Morgan fingerprint density at radius 1 is 1.00 bits per heavy atom. The molecule has 2 heterocycles. The number of aromatic nitrogens is 4. The molecule has 0 bridgehead atoms. The molecule has 0 saturated heterocycles. The van der Waals surface area contributed by atoms with Gasteiger partial charge in [0.2, 0.25) is 5.95 Å². The molecule has 0 aliphatic rings. The minimum absolute atomic E-state index is 0.245. The van der Waals surface area contributed by atoms with Crippen LogP contribution < -0.4 is 5.32 Å². The molecular formula is C23H17Cl2N5O. The van der Waals surface area contributed by atoms with Crippen LogP contribution in [0.2, 0.25) is 10.0 Å². The Bertz CT molecular complexity index is 1430. The number of aromatic amines is 1. The van der Waals surface area contributed by atoms with E-state index in [0.717, 1.165) is 33.5 Å². The first-order chi connectivity index (χ1) is 15.0. The molecule has 154 valence electrons. The molecule has 2 aromatic heterocycles. The number of para-hydroxylation sites is 2.